The third-order valence-electron chi connectivity index (χ3n) is 2.67. The summed E-state index contributed by atoms with van der Waals surface area (Å²) >= 11 is 0. The van der Waals surface area contributed by atoms with Gasteiger partial charge in [0.2, 0.25) is 0 Å². The highest BCUT2D eigenvalue weighted by atomic mass is 32.2. The van der Waals surface area contributed by atoms with E-state index in [1.54, 1.807) is 6.20 Å². The van der Waals surface area contributed by atoms with E-state index in [1.807, 2.05) is 24.7 Å². The number of hydrogen-bond donors (Lipinski definition) is 1. The van der Waals surface area contributed by atoms with Gasteiger partial charge in [-0.1, -0.05) is 6.92 Å². The van der Waals surface area contributed by atoms with Gasteiger partial charge in [0.1, 0.15) is 9.84 Å². The highest BCUT2D eigenvalue weighted by Gasteiger charge is 2.14. The zero-order chi connectivity index (χ0) is 12.9. The van der Waals surface area contributed by atoms with Crippen LogP contribution >= 0.6 is 0 Å². The number of rotatable bonds is 7. The van der Waals surface area contributed by atoms with Crippen LogP contribution in [0.15, 0.2) is 12.3 Å². The Bertz CT molecular complexity index is 439. The summed E-state index contributed by atoms with van der Waals surface area (Å²) in [7, 11) is -0.965. The molecule has 17 heavy (non-hydrogen) atoms. The van der Waals surface area contributed by atoms with Crippen LogP contribution in [0.5, 0.6) is 0 Å². The normalized spacial score (nSPS) is 13.8. The predicted molar refractivity (Wildman–Crippen MR) is 68.6 cm³/mol. The molecule has 0 aliphatic heterocycles. The summed E-state index contributed by atoms with van der Waals surface area (Å²) in [6.07, 6.45) is 4.51. The molecule has 0 aromatic carbocycles. The van der Waals surface area contributed by atoms with Crippen molar-refractivity contribution in [3.63, 3.8) is 0 Å². The molecule has 0 fully saturated rings. The molecule has 1 atom stereocenters. The quantitative estimate of drug-likeness (QED) is 0.790. The summed E-state index contributed by atoms with van der Waals surface area (Å²) in [5.74, 6) is 0.243. The van der Waals surface area contributed by atoms with E-state index in [0.717, 1.165) is 18.7 Å². The summed E-state index contributed by atoms with van der Waals surface area (Å²) < 4.78 is 24.0. The van der Waals surface area contributed by atoms with Crippen molar-refractivity contribution in [2.45, 2.75) is 25.8 Å². The molecule has 98 valence electrons. The Balaban J connectivity index is 2.59. The van der Waals surface area contributed by atoms with Crippen LogP contribution in [0.1, 0.15) is 31.5 Å². The van der Waals surface area contributed by atoms with E-state index in [0.29, 0.717) is 6.42 Å². The molecule has 0 amide bonds. The highest BCUT2D eigenvalue weighted by Crippen LogP contribution is 2.17. The average Bonchev–Trinajstić information content (AvgIpc) is 2.61. The van der Waals surface area contributed by atoms with Gasteiger partial charge in [0, 0.05) is 31.3 Å². The molecule has 1 N–H and O–H groups in total. The van der Waals surface area contributed by atoms with E-state index in [4.69, 9.17) is 0 Å². The molecule has 0 bridgehead atoms. The maximum absolute atomic E-state index is 11.1. The van der Waals surface area contributed by atoms with Crippen molar-refractivity contribution >= 4 is 9.84 Å². The fourth-order valence-corrected chi connectivity index (χ4v) is 2.57. The van der Waals surface area contributed by atoms with Gasteiger partial charge in [-0.25, -0.2) is 8.42 Å². The molecule has 6 heteroatoms. The number of hydrogen-bond acceptors (Lipinski definition) is 4. The Morgan fingerprint density at radius 2 is 2.24 bits per heavy atom. The molecule has 0 saturated carbocycles. The topological polar surface area (TPSA) is 64.0 Å². The Morgan fingerprint density at radius 1 is 1.53 bits per heavy atom. The van der Waals surface area contributed by atoms with E-state index in [2.05, 4.69) is 10.4 Å². The standard InChI is InChI=1S/C11H21N3O2S/c1-4-12-10(6-5-9-17(3,15)16)11-7-8-13-14(11)2/h7-8,10,12H,4-6,9H2,1-3H3. The Kier molecular flexibility index (Phi) is 5.14. The fourth-order valence-electron chi connectivity index (χ4n) is 1.88. The minimum atomic E-state index is -2.86. The minimum Gasteiger partial charge on any atom is -0.309 e. The molecule has 0 aliphatic rings. The van der Waals surface area contributed by atoms with Gasteiger partial charge in [-0.05, 0) is 25.5 Å². The first-order valence-electron chi connectivity index (χ1n) is 5.83. The molecule has 5 nitrogen and oxygen atoms in total. The maximum Gasteiger partial charge on any atom is 0.147 e. The molecule has 1 heterocycles. The second-order valence-corrected chi connectivity index (χ2v) is 6.52. The molecule has 0 saturated heterocycles. The van der Waals surface area contributed by atoms with Crippen molar-refractivity contribution in [1.29, 1.82) is 0 Å². The van der Waals surface area contributed by atoms with Gasteiger partial charge in [0.05, 0.1) is 5.69 Å². The van der Waals surface area contributed by atoms with Crippen molar-refractivity contribution in [2.24, 2.45) is 7.05 Å². The Hall–Kier alpha value is -0.880. The van der Waals surface area contributed by atoms with Crippen LogP contribution in [0.2, 0.25) is 0 Å². The second kappa shape index (κ2) is 6.16. The van der Waals surface area contributed by atoms with E-state index in [1.165, 1.54) is 6.26 Å². The number of sulfone groups is 1. The van der Waals surface area contributed by atoms with Gasteiger partial charge in [-0.3, -0.25) is 4.68 Å². The third-order valence-corrected chi connectivity index (χ3v) is 3.70. The van der Waals surface area contributed by atoms with Crippen LogP contribution in [-0.2, 0) is 16.9 Å². The van der Waals surface area contributed by atoms with Crippen LogP contribution in [-0.4, -0.2) is 36.8 Å². The van der Waals surface area contributed by atoms with Gasteiger partial charge >= 0.3 is 0 Å². The zero-order valence-corrected chi connectivity index (χ0v) is 11.5. The Labute approximate surface area is 103 Å². The van der Waals surface area contributed by atoms with Crippen LogP contribution in [0.25, 0.3) is 0 Å². The van der Waals surface area contributed by atoms with Crippen molar-refractivity contribution in [2.75, 3.05) is 18.6 Å². The van der Waals surface area contributed by atoms with E-state index < -0.39 is 9.84 Å². The number of aromatic nitrogens is 2. The van der Waals surface area contributed by atoms with Gasteiger partial charge in [0.15, 0.2) is 0 Å². The smallest absolute Gasteiger partial charge is 0.147 e. The summed E-state index contributed by atoms with van der Waals surface area (Å²) in [5, 5.41) is 7.49. The van der Waals surface area contributed by atoms with E-state index in [9.17, 15) is 8.42 Å². The third kappa shape index (κ3) is 4.87. The van der Waals surface area contributed by atoms with Crippen molar-refractivity contribution in [1.82, 2.24) is 15.1 Å². The van der Waals surface area contributed by atoms with Crippen LogP contribution in [0, 0.1) is 0 Å². The van der Waals surface area contributed by atoms with Gasteiger partial charge in [-0.2, -0.15) is 5.10 Å². The molecular weight excluding hydrogens is 238 g/mol. The molecule has 1 unspecified atom stereocenters. The SMILES string of the molecule is CCNC(CCCS(C)(=O)=O)c1ccnn1C. The van der Waals surface area contributed by atoms with Gasteiger partial charge in [0.25, 0.3) is 0 Å². The monoisotopic (exact) mass is 259 g/mol. The lowest BCUT2D eigenvalue weighted by Crippen LogP contribution is -2.23. The lowest BCUT2D eigenvalue weighted by Gasteiger charge is -2.17. The number of nitrogens with one attached hydrogen (secondary N) is 1. The lowest BCUT2D eigenvalue weighted by atomic mass is 10.1. The van der Waals surface area contributed by atoms with Crippen LogP contribution in [0.4, 0.5) is 0 Å². The van der Waals surface area contributed by atoms with Crippen molar-refractivity contribution in [3.8, 4) is 0 Å². The predicted octanol–water partition coefficient (Wildman–Crippen LogP) is 0.895. The first-order chi connectivity index (χ1) is 7.94. The molecule has 0 spiro atoms. The summed E-state index contributed by atoms with van der Waals surface area (Å²) in [5.41, 5.74) is 1.10. The molecule has 1 rings (SSSR count). The number of aryl methyl sites for hydroxylation is 1. The fraction of sp³-hybridized carbons (Fsp3) is 0.727. The molecule has 0 radical (unpaired) electrons. The average molecular weight is 259 g/mol. The molecule has 1 aromatic heterocycles. The molecule has 1 aromatic rings. The minimum absolute atomic E-state index is 0.175. The van der Waals surface area contributed by atoms with Crippen molar-refractivity contribution in [3.05, 3.63) is 18.0 Å². The largest absolute Gasteiger partial charge is 0.309 e. The summed E-state index contributed by atoms with van der Waals surface area (Å²) in [6.45, 7) is 2.90. The Morgan fingerprint density at radius 3 is 2.71 bits per heavy atom. The van der Waals surface area contributed by atoms with Gasteiger partial charge in [-0.15, -0.1) is 0 Å². The second-order valence-electron chi connectivity index (χ2n) is 4.26. The maximum atomic E-state index is 11.1. The molecule has 0 aliphatic carbocycles. The number of nitrogens with zero attached hydrogens (tertiary/aromatic N) is 2. The zero-order valence-electron chi connectivity index (χ0n) is 10.7. The van der Waals surface area contributed by atoms with Crippen LogP contribution < -0.4 is 5.32 Å². The highest BCUT2D eigenvalue weighted by molar-refractivity contribution is 7.90. The van der Waals surface area contributed by atoms with E-state index in [-0.39, 0.29) is 11.8 Å². The van der Waals surface area contributed by atoms with Crippen molar-refractivity contribution < 1.29 is 8.42 Å². The first-order valence-corrected chi connectivity index (χ1v) is 7.89. The summed E-state index contributed by atoms with van der Waals surface area (Å²) in [6, 6.07) is 2.14. The lowest BCUT2D eigenvalue weighted by molar-refractivity contribution is 0.474. The molecular formula is C11H21N3O2S. The van der Waals surface area contributed by atoms with E-state index >= 15 is 0 Å². The summed E-state index contributed by atoms with van der Waals surface area (Å²) in [4.78, 5) is 0. The van der Waals surface area contributed by atoms with Crippen LogP contribution in [0.3, 0.4) is 0 Å². The first kappa shape index (κ1) is 14.2. The van der Waals surface area contributed by atoms with Gasteiger partial charge < -0.3 is 5.32 Å².